The van der Waals surface area contributed by atoms with Crippen molar-refractivity contribution in [1.29, 1.82) is 0 Å². The molecule has 1 nitrogen and oxygen atoms in total. The number of nitrogens with one attached hydrogen (secondary N) is 1. The minimum Gasteiger partial charge on any atom is -0.353 e. The van der Waals surface area contributed by atoms with Crippen molar-refractivity contribution in [3.05, 3.63) is 17.3 Å². The first-order chi connectivity index (χ1) is 4.36. The van der Waals surface area contributed by atoms with Gasteiger partial charge in [0.25, 0.3) is 0 Å². The molecule has 1 aromatic heterocycles. The van der Waals surface area contributed by atoms with Crippen LogP contribution in [0.25, 0.3) is 0 Å². The lowest BCUT2D eigenvalue weighted by atomic mass is 10.3. The highest BCUT2D eigenvalue weighted by atomic mass is 127. The van der Waals surface area contributed by atoms with E-state index < -0.39 is 0 Å². The summed E-state index contributed by atoms with van der Waals surface area (Å²) in [5, 5.41) is 1.39. The lowest BCUT2D eigenvalue weighted by molar-refractivity contribution is 1.14. The van der Waals surface area contributed by atoms with Gasteiger partial charge >= 0.3 is 0 Å². The molecule has 0 aliphatic carbocycles. The summed E-state index contributed by atoms with van der Waals surface area (Å²) >= 11 is 0.298. The first kappa shape index (κ1) is 5.97. The quantitative estimate of drug-likeness (QED) is 0.700. The van der Waals surface area contributed by atoms with Gasteiger partial charge < -0.3 is 4.98 Å². The van der Waals surface area contributed by atoms with Crippen molar-refractivity contribution in [1.82, 2.24) is 4.98 Å². The van der Waals surface area contributed by atoms with Gasteiger partial charge in [0.15, 0.2) is 0 Å². The maximum Gasteiger partial charge on any atom is 0.0901 e. The largest absolute Gasteiger partial charge is 0.353 e. The number of aromatic amines is 1. The normalized spacial score (nSPS) is 15.2. The molecule has 1 N–H and O–H groups in total. The zero-order chi connectivity index (χ0) is 6.27. The summed E-state index contributed by atoms with van der Waals surface area (Å²) in [6.45, 7) is 2.10. The average molecular weight is 251 g/mol. The SMILES string of the molecule is Cc1cc2c([nH]1)SI=C2. The molecule has 0 amide bonds. The first-order valence-corrected chi connectivity index (χ1v) is 7.30. The number of H-pyrrole nitrogens is 1. The van der Waals surface area contributed by atoms with Crippen molar-refractivity contribution >= 4 is 32.3 Å². The maximum absolute atomic E-state index is 3.32. The highest BCUT2D eigenvalue weighted by Gasteiger charge is 2.07. The molecule has 1 aliphatic heterocycles. The van der Waals surface area contributed by atoms with Crippen LogP contribution in [-0.4, -0.2) is 9.00 Å². The molecule has 2 heterocycles. The van der Waals surface area contributed by atoms with E-state index in [9.17, 15) is 0 Å². The third-order valence-electron chi connectivity index (χ3n) is 1.23. The summed E-state index contributed by atoms with van der Waals surface area (Å²) < 4.78 is 2.36. The van der Waals surface area contributed by atoms with E-state index in [1.807, 2.05) is 8.93 Å². The smallest absolute Gasteiger partial charge is 0.0901 e. The second-order valence-electron chi connectivity index (χ2n) is 2.01. The number of rotatable bonds is 0. The molecule has 0 saturated heterocycles. The molecule has 0 spiro atoms. The van der Waals surface area contributed by atoms with Crippen molar-refractivity contribution in [3.63, 3.8) is 0 Å². The standard InChI is InChI=1S/C6H6INS/c1-4-2-5-3-7-9-6(5)8-4/h2-3,8H,1H3. The van der Waals surface area contributed by atoms with Crippen LogP contribution in [0.1, 0.15) is 11.3 Å². The fourth-order valence-corrected chi connectivity index (χ4v) is 5.24. The summed E-state index contributed by atoms with van der Waals surface area (Å²) in [7, 11) is 1.99. The number of halogens is 1. The zero-order valence-electron chi connectivity index (χ0n) is 4.94. The third-order valence-corrected chi connectivity index (χ3v) is 5.42. The van der Waals surface area contributed by atoms with E-state index in [1.54, 1.807) is 0 Å². The van der Waals surface area contributed by atoms with Crippen LogP contribution < -0.4 is 0 Å². The van der Waals surface area contributed by atoms with Gasteiger partial charge in [-0.05, 0) is 45.3 Å². The molecule has 0 fully saturated rings. The van der Waals surface area contributed by atoms with Gasteiger partial charge in [-0.15, -0.1) is 0 Å². The summed E-state index contributed by atoms with van der Waals surface area (Å²) in [6.07, 6.45) is 0. The van der Waals surface area contributed by atoms with Crippen LogP contribution >= 0.6 is 28.3 Å². The van der Waals surface area contributed by atoms with Gasteiger partial charge in [0.1, 0.15) is 0 Å². The molecule has 9 heavy (non-hydrogen) atoms. The van der Waals surface area contributed by atoms with Gasteiger partial charge in [0.2, 0.25) is 0 Å². The highest BCUT2D eigenvalue weighted by molar-refractivity contribution is 14.2. The lowest BCUT2D eigenvalue weighted by Crippen LogP contribution is -1.68. The monoisotopic (exact) mass is 251 g/mol. The predicted molar refractivity (Wildman–Crippen MR) is 50.6 cm³/mol. The molecule has 0 unspecified atom stereocenters. The summed E-state index contributed by atoms with van der Waals surface area (Å²) in [5.74, 6) is 0. The average Bonchev–Trinajstić information content (AvgIpc) is 2.22. The molecule has 2 rings (SSSR count). The van der Waals surface area contributed by atoms with E-state index in [0.29, 0.717) is 19.3 Å². The van der Waals surface area contributed by atoms with Crippen LogP contribution in [-0.2, 0) is 0 Å². The fourth-order valence-electron chi connectivity index (χ4n) is 0.846. The second-order valence-corrected chi connectivity index (χ2v) is 6.22. The molecule has 1 aliphatic rings. The van der Waals surface area contributed by atoms with Crippen molar-refractivity contribution in [2.24, 2.45) is 0 Å². The fraction of sp³-hybridized carbons (Fsp3) is 0.167. The molecular weight excluding hydrogens is 245 g/mol. The summed E-state index contributed by atoms with van der Waals surface area (Å²) in [4.78, 5) is 3.32. The third kappa shape index (κ3) is 0.961. The number of aromatic nitrogens is 1. The molecule has 0 radical (unpaired) electrons. The second kappa shape index (κ2) is 2.12. The predicted octanol–water partition coefficient (Wildman–Crippen LogP) is 2.46. The van der Waals surface area contributed by atoms with E-state index in [4.69, 9.17) is 0 Å². The van der Waals surface area contributed by atoms with E-state index in [1.165, 1.54) is 16.3 Å². The zero-order valence-corrected chi connectivity index (χ0v) is 7.91. The number of hydrogen-bond acceptors (Lipinski definition) is 1. The lowest BCUT2D eigenvalue weighted by Gasteiger charge is -1.82. The van der Waals surface area contributed by atoms with Crippen LogP contribution in [0.15, 0.2) is 11.1 Å². The minimum absolute atomic E-state index is 0.298. The van der Waals surface area contributed by atoms with E-state index in [2.05, 4.69) is 22.0 Å². The van der Waals surface area contributed by atoms with Gasteiger partial charge in [-0.25, -0.2) is 0 Å². The molecule has 1 aromatic rings. The molecule has 0 atom stereocenters. The van der Waals surface area contributed by atoms with E-state index in [0.717, 1.165) is 0 Å². The van der Waals surface area contributed by atoms with Crippen LogP contribution in [0.4, 0.5) is 0 Å². The minimum atomic E-state index is 0.298. The Balaban J connectivity index is 2.61. The van der Waals surface area contributed by atoms with E-state index >= 15 is 0 Å². The van der Waals surface area contributed by atoms with Crippen LogP contribution in [0.3, 0.4) is 0 Å². The first-order valence-electron chi connectivity index (χ1n) is 2.69. The Morgan fingerprint density at radius 2 is 2.56 bits per heavy atom. The van der Waals surface area contributed by atoms with Gasteiger partial charge in [-0.2, -0.15) is 0 Å². The van der Waals surface area contributed by atoms with Gasteiger partial charge in [0, 0.05) is 11.3 Å². The van der Waals surface area contributed by atoms with Crippen molar-refractivity contribution in [3.8, 4) is 0 Å². The Hall–Kier alpha value is 0.230. The molecular formula is C6H6INS. The molecule has 0 bridgehead atoms. The van der Waals surface area contributed by atoms with E-state index in [-0.39, 0.29) is 0 Å². The number of hydrogen-bond donors (Lipinski definition) is 1. The molecule has 48 valence electrons. The van der Waals surface area contributed by atoms with Crippen molar-refractivity contribution < 1.29 is 0 Å². The Bertz CT molecular complexity index is 264. The van der Waals surface area contributed by atoms with Gasteiger partial charge in [-0.1, -0.05) is 0 Å². The molecule has 3 heteroatoms. The maximum atomic E-state index is 3.32. The Labute approximate surface area is 66.4 Å². The Morgan fingerprint density at radius 1 is 1.67 bits per heavy atom. The summed E-state index contributed by atoms with van der Waals surface area (Å²) in [6, 6.07) is 2.22. The Kier molecular flexibility index (Phi) is 1.41. The molecule has 0 aromatic carbocycles. The van der Waals surface area contributed by atoms with Gasteiger partial charge in [0.05, 0.1) is 5.03 Å². The van der Waals surface area contributed by atoms with Crippen LogP contribution in [0, 0.1) is 6.92 Å². The molecule has 0 saturated carbocycles. The number of fused-ring (bicyclic) bond motifs is 1. The van der Waals surface area contributed by atoms with Crippen molar-refractivity contribution in [2.75, 3.05) is 0 Å². The van der Waals surface area contributed by atoms with Crippen molar-refractivity contribution in [2.45, 2.75) is 11.9 Å². The Morgan fingerprint density at radius 3 is 3.33 bits per heavy atom. The van der Waals surface area contributed by atoms with Crippen LogP contribution in [0.2, 0.25) is 0 Å². The summed E-state index contributed by atoms with van der Waals surface area (Å²) in [5.41, 5.74) is 2.72. The van der Waals surface area contributed by atoms with Crippen LogP contribution in [0.5, 0.6) is 0 Å². The number of aryl methyl sites for hydroxylation is 1. The van der Waals surface area contributed by atoms with Gasteiger partial charge in [-0.3, -0.25) is 0 Å². The highest BCUT2D eigenvalue weighted by Crippen LogP contribution is 2.38. The topological polar surface area (TPSA) is 15.8 Å².